The molecule has 1 aromatic carbocycles. The first-order chi connectivity index (χ1) is 11.6. The van der Waals surface area contributed by atoms with Gasteiger partial charge in [-0.15, -0.1) is 4.73 Å². The average Bonchev–Trinajstić information content (AvgIpc) is 2.59. The molecule has 1 atom stereocenters. The largest absolute Gasteiger partial charge is 0.423 e. The van der Waals surface area contributed by atoms with E-state index in [1.54, 1.807) is 0 Å². The molecule has 0 radical (unpaired) electrons. The summed E-state index contributed by atoms with van der Waals surface area (Å²) in [7, 11) is 0. The fourth-order valence-corrected chi connectivity index (χ4v) is 3.50. The van der Waals surface area contributed by atoms with Crippen molar-refractivity contribution in [2.24, 2.45) is 0 Å². The summed E-state index contributed by atoms with van der Waals surface area (Å²) in [5.41, 5.74) is 3.71. The zero-order valence-corrected chi connectivity index (χ0v) is 13.4. The molecule has 122 valence electrons. The Bertz CT molecular complexity index is 980. The number of rotatable bonds is 2. The van der Waals surface area contributed by atoms with Crippen molar-refractivity contribution in [3.8, 4) is 0 Å². The zero-order valence-electron chi connectivity index (χ0n) is 13.4. The predicted molar refractivity (Wildman–Crippen MR) is 91.5 cm³/mol. The maximum Gasteiger partial charge on any atom is 0.286 e. The molecule has 6 heteroatoms. The van der Waals surface area contributed by atoms with Crippen molar-refractivity contribution in [2.75, 3.05) is 5.32 Å². The first kappa shape index (κ1) is 14.7. The minimum atomic E-state index is -0.507. The Balaban J connectivity index is 1.85. The van der Waals surface area contributed by atoms with Crippen molar-refractivity contribution in [3.63, 3.8) is 0 Å². The molecule has 2 N–H and O–H groups in total. The minimum absolute atomic E-state index is 0.131. The van der Waals surface area contributed by atoms with Crippen molar-refractivity contribution in [1.29, 1.82) is 0 Å². The van der Waals surface area contributed by atoms with E-state index in [0.717, 1.165) is 25.0 Å². The van der Waals surface area contributed by atoms with Gasteiger partial charge in [-0.3, -0.25) is 4.79 Å². The fraction of sp³-hybridized carbons (Fsp3) is 0.278. The normalized spacial score (nSPS) is 16.8. The Morgan fingerprint density at radius 1 is 1.29 bits per heavy atom. The molecule has 0 bridgehead atoms. The highest BCUT2D eigenvalue weighted by molar-refractivity contribution is 5.90. The number of benzene rings is 1. The van der Waals surface area contributed by atoms with Crippen LogP contribution in [0.4, 0.5) is 5.69 Å². The Morgan fingerprint density at radius 3 is 3.00 bits per heavy atom. The molecular formula is C18H18N4O2. The van der Waals surface area contributed by atoms with Crippen LogP contribution in [-0.4, -0.2) is 19.9 Å². The number of aromatic nitrogens is 3. The van der Waals surface area contributed by atoms with Gasteiger partial charge in [0.1, 0.15) is 6.33 Å². The molecule has 0 saturated carbocycles. The quantitative estimate of drug-likeness (QED) is 0.709. The summed E-state index contributed by atoms with van der Waals surface area (Å²) in [4.78, 5) is 20.3. The lowest BCUT2D eigenvalue weighted by Crippen LogP contribution is -2.22. The Morgan fingerprint density at radius 2 is 2.12 bits per heavy atom. The third-order valence-electron chi connectivity index (χ3n) is 4.66. The number of nitrogens with zero attached hydrogens (tertiary/aromatic N) is 3. The van der Waals surface area contributed by atoms with Gasteiger partial charge in [-0.1, -0.05) is 24.3 Å². The van der Waals surface area contributed by atoms with Crippen LogP contribution in [0.3, 0.4) is 0 Å². The molecule has 0 spiro atoms. The van der Waals surface area contributed by atoms with Gasteiger partial charge < -0.3 is 10.5 Å². The maximum atomic E-state index is 12.1. The monoisotopic (exact) mass is 322 g/mol. The number of hydrogen-bond donors (Lipinski definition) is 2. The molecule has 0 amide bonds. The second kappa shape index (κ2) is 5.63. The highest BCUT2D eigenvalue weighted by Gasteiger charge is 2.21. The number of fused-ring (bicyclic) bond motifs is 2. The molecule has 3 aromatic rings. The van der Waals surface area contributed by atoms with Gasteiger partial charge in [0, 0.05) is 6.07 Å². The van der Waals surface area contributed by atoms with E-state index in [0.29, 0.717) is 15.8 Å². The second-order valence-electron chi connectivity index (χ2n) is 6.15. The van der Waals surface area contributed by atoms with Gasteiger partial charge >= 0.3 is 0 Å². The third-order valence-corrected chi connectivity index (χ3v) is 4.66. The minimum Gasteiger partial charge on any atom is -0.423 e. The molecule has 0 fully saturated rings. The van der Waals surface area contributed by atoms with Gasteiger partial charge in [0.25, 0.3) is 5.56 Å². The lowest BCUT2D eigenvalue weighted by molar-refractivity contribution is 0.186. The highest BCUT2D eigenvalue weighted by Crippen LogP contribution is 2.34. The van der Waals surface area contributed by atoms with Crippen LogP contribution in [0.15, 0.2) is 41.5 Å². The van der Waals surface area contributed by atoms with E-state index in [4.69, 9.17) is 0 Å². The van der Waals surface area contributed by atoms with E-state index < -0.39 is 5.56 Å². The smallest absolute Gasteiger partial charge is 0.286 e. The van der Waals surface area contributed by atoms with Crippen LogP contribution in [-0.2, 0) is 6.42 Å². The van der Waals surface area contributed by atoms with E-state index in [9.17, 15) is 10.0 Å². The molecule has 2 heterocycles. The first-order valence-corrected chi connectivity index (χ1v) is 8.06. The van der Waals surface area contributed by atoms with Gasteiger partial charge in [0.05, 0.1) is 22.8 Å². The summed E-state index contributed by atoms with van der Waals surface area (Å²) in [5.74, 6) is 0. The summed E-state index contributed by atoms with van der Waals surface area (Å²) in [6.07, 6.45) is 4.52. The molecule has 1 aliphatic rings. The molecular weight excluding hydrogens is 304 g/mol. The van der Waals surface area contributed by atoms with Crippen LogP contribution < -0.4 is 10.9 Å². The van der Waals surface area contributed by atoms with Crippen molar-refractivity contribution in [1.82, 2.24) is 14.7 Å². The predicted octanol–water partition coefficient (Wildman–Crippen LogP) is 2.83. The maximum absolute atomic E-state index is 12.1. The molecule has 1 unspecified atom stereocenters. The summed E-state index contributed by atoms with van der Waals surface area (Å²) in [6, 6.07) is 9.92. The van der Waals surface area contributed by atoms with Crippen molar-refractivity contribution in [3.05, 3.63) is 63.8 Å². The zero-order chi connectivity index (χ0) is 16.7. The summed E-state index contributed by atoms with van der Waals surface area (Å²) in [6.45, 7) is 1.84. The van der Waals surface area contributed by atoms with E-state index in [-0.39, 0.29) is 11.7 Å². The first-order valence-electron chi connectivity index (χ1n) is 8.06. The van der Waals surface area contributed by atoms with Crippen molar-refractivity contribution < 1.29 is 5.21 Å². The molecule has 0 aliphatic heterocycles. The standard InChI is InChI=1S/C18H18N4O2/c1-11-17-15(9-16(23)22(24)18(17)20-10-19-11)21-14-8-4-6-12-5-2-3-7-13(12)14/h2-3,5,7,9-10,14,21,24H,4,6,8H2,1H3. The van der Waals surface area contributed by atoms with Crippen molar-refractivity contribution >= 4 is 16.7 Å². The van der Waals surface area contributed by atoms with E-state index in [1.807, 2.05) is 13.0 Å². The molecule has 4 rings (SSSR count). The molecule has 0 saturated heterocycles. The summed E-state index contributed by atoms with van der Waals surface area (Å²) >= 11 is 0. The number of anilines is 1. The summed E-state index contributed by atoms with van der Waals surface area (Å²) < 4.78 is 0.573. The fourth-order valence-electron chi connectivity index (χ4n) is 3.50. The molecule has 1 aliphatic carbocycles. The number of nitrogens with one attached hydrogen (secondary N) is 1. The van der Waals surface area contributed by atoms with Gasteiger partial charge in [-0.25, -0.2) is 9.97 Å². The lowest BCUT2D eigenvalue weighted by Gasteiger charge is -2.27. The van der Waals surface area contributed by atoms with Crippen LogP contribution in [0.5, 0.6) is 0 Å². The van der Waals surface area contributed by atoms with Gasteiger partial charge in [0.15, 0.2) is 5.65 Å². The molecule has 24 heavy (non-hydrogen) atoms. The number of aryl methyl sites for hydroxylation is 2. The van der Waals surface area contributed by atoms with E-state index in [2.05, 4.69) is 33.5 Å². The van der Waals surface area contributed by atoms with Crippen molar-refractivity contribution in [2.45, 2.75) is 32.2 Å². The van der Waals surface area contributed by atoms with Gasteiger partial charge in [-0.2, -0.15) is 0 Å². The van der Waals surface area contributed by atoms with Crippen LogP contribution in [0.25, 0.3) is 11.0 Å². The van der Waals surface area contributed by atoms with Crippen LogP contribution in [0, 0.1) is 6.92 Å². The number of hydrogen-bond acceptors (Lipinski definition) is 5. The average molecular weight is 322 g/mol. The Hall–Kier alpha value is -2.89. The third kappa shape index (κ3) is 2.31. The van der Waals surface area contributed by atoms with E-state index >= 15 is 0 Å². The van der Waals surface area contributed by atoms with E-state index in [1.165, 1.54) is 23.5 Å². The van der Waals surface area contributed by atoms with Crippen LogP contribution in [0.1, 0.15) is 35.7 Å². The van der Waals surface area contributed by atoms with Crippen LogP contribution >= 0.6 is 0 Å². The topological polar surface area (TPSA) is 80.0 Å². The van der Waals surface area contributed by atoms with Crippen LogP contribution in [0.2, 0.25) is 0 Å². The summed E-state index contributed by atoms with van der Waals surface area (Å²) in [5, 5.41) is 14.1. The Kier molecular flexibility index (Phi) is 3.45. The highest BCUT2D eigenvalue weighted by atomic mass is 16.5. The molecule has 6 nitrogen and oxygen atoms in total. The second-order valence-corrected chi connectivity index (χ2v) is 6.15. The number of pyridine rings is 1. The van der Waals surface area contributed by atoms with Gasteiger partial charge in [0.2, 0.25) is 0 Å². The van der Waals surface area contributed by atoms with Gasteiger partial charge in [-0.05, 0) is 37.3 Å². The SMILES string of the molecule is Cc1ncnc2c1c(NC1CCCc3ccccc31)cc(=O)n2O. The lowest BCUT2D eigenvalue weighted by atomic mass is 9.87. The Labute approximate surface area is 138 Å². The molecule has 2 aromatic heterocycles.